The van der Waals surface area contributed by atoms with E-state index in [4.69, 9.17) is 0 Å². The molecule has 0 saturated heterocycles. The van der Waals surface area contributed by atoms with Crippen LogP contribution < -0.4 is 4.72 Å². The second kappa shape index (κ2) is 17.5. The van der Waals surface area contributed by atoms with Crippen molar-refractivity contribution in [2.75, 3.05) is 6.54 Å². The van der Waals surface area contributed by atoms with Crippen molar-refractivity contribution in [1.29, 1.82) is 0 Å². The van der Waals surface area contributed by atoms with E-state index in [1.54, 1.807) is 18.1 Å². The quantitative estimate of drug-likeness (QED) is 0.179. The molecule has 4 nitrogen and oxygen atoms in total. The summed E-state index contributed by atoms with van der Waals surface area (Å²) in [5.41, 5.74) is 0.206. The maximum Gasteiger partial charge on any atom is 0.241 e. The molecule has 0 aromatic heterocycles. The Labute approximate surface area is 185 Å². The van der Waals surface area contributed by atoms with Gasteiger partial charge < -0.3 is 0 Å². The molecule has 1 rings (SSSR count). The molecule has 0 aromatic carbocycles. The predicted octanol–water partition coefficient (Wildman–Crippen LogP) is 6.77. The number of sulfonamides is 1. The van der Waals surface area contributed by atoms with Crippen molar-refractivity contribution in [2.24, 2.45) is 0 Å². The van der Waals surface area contributed by atoms with Gasteiger partial charge in [0.1, 0.15) is 5.94 Å². The molecular formula is C25H43NO3S. The molecule has 0 radical (unpaired) electrons. The molecule has 0 unspecified atom stereocenters. The summed E-state index contributed by atoms with van der Waals surface area (Å²) in [5, 5.41) is 0. The highest BCUT2D eigenvalue weighted by Gasteiger charge is 2.22. The summed E-state index contributed by atoms with van der Waals surface area (Å²) in [7, 11) is -3.61. The van der Waals surface area contributed by atoms with Gasteiger partial charge in [0.25, 0.3) is 0 Å². The van der Waals surface area contributed by atoms with Crippen LogP contribution in [0.4, 0.5) is 0 Å². The molecule has 0 amide bonds. The molecule has 0 aromatic rings. The summed E-state index contributed by atoms with van der Waals surface area (Å²) < 4.78 is 27.2. The maximum atomic E-state index is 12.3. The van der Waals surface area contributed by atoms with E-state index in [-0.39, 0.29) is 10.5 Å². The van der Waals surface area contributed by atoms with Crippen molar-refractivity contribution in [2.45, 2.75) is 116 Å². The van der Waals surface area contributed by atoms with Crippen LogP contribution in [0.15, 0.2) is 28.7 Å². The van der Waals surface area contributed by atoms with Crippen LogP contribution in [0.3, 0.4) is 0 Å². The lowest BCUT2D eigenvalue weighted by Gasteiger charge is -2.12. The summed E-state index contributed by atoms with van der Waals surface area (Å²) in [6.45, 7) is 2.69. The Kier molecular flexibility index (Phi) is 15.7. The van der Waals surface area contributed by atoms with Crippen LogP contribution >= 0.6 is 0 Å². The topological polar surface area (TPSA) is 63.2 Å². The van der Waals surface area contributed by atoms with Crippen LogP contribution in [0.5, 0.6) is 0 Å². The first-order chi connectivity index (χ1) is 14.6. The minimum atomic E-state index is -3.61. The Balaban J connectivity index is 1.91. The lowest BCUT2D eigenvalue weighted by Crippen LogP contribution is -2.27. The second-order valence-corrected chi connectivity index (χ2v) is 10.2. The van der Waals surface area contributed by atoms with Gasteiger partial charge in [-0.15, -0.1) is 0 Å². The van der Waals surface area contributed by atoms with E-state index in [2.05, 4.69) is 11.6 Å². The van der Waals surface area contributed by atoms with Crippen molar-refractivity contribution in [3.8, 4) is 0 Å². The van der Waals surface area contributed by atoms with Gasteiger partial charge in [-0.05, 0) is 12.5 Å². The summed E-state index contributed by atoms with van der Waals surface area (Å²) in [6.07, 6.45) is 26.0. The zero-order chi connectivity index (χ0) is 21.9. The highest BCUT2D eigenvalue weighted by Crippen LogP contribution is 2.21. The number of carbonyl (C=O) groups excluding carboxylic acids is 1. The molecule has 0 atom stereocenters. The molecule has 0 bridgehead atoms. The Morgan fingerprint density at radius 2 is 1.27 bits per heavy atom. The molecule has 0 spiro atoms. The Bertz CT molecular complexity index is 658. The fourth-order valence-electron chi connectivity index (χ4n) is 3.84. The van der Waals surface area contributed by atoms with E-state index in [1.165, 1.54) is 89.5 Å². The first-order valence-electron chi connectivity index (χ1n) is 12.2. The molecular weight excluding hydrogens is 394 g/mol. The first-order valence-corrected chi connectivity index (χ1v) is 13.7. The first kappa shape index (κ1) is 26.9. The lowest BCUT2D eigenvalue weighted by molar-refractivity contribution is 0.528. The van der Waals surface area contributed by atoms with Crippen LogP contribution in [-0.2, 0) is 14.8 Å². The normalized spacial score (nSPS) is 14.0. The van der Waals surface area contributed by atoms with E-state index in [9.17, 15) is 13.2 Å². The van der Waals surface area contributed by atoms with Crippen LogP contribution in [0.2, 0.25) is 0 Å². The van der Waals surface area contributed by atoms with Gasteiger partial charge in [-0.3, -0.25) is 0 Å². The van der Waals surface area contributed by atoms with Crippen molar-refractivity contribution in [3.63, 3.8) is 0 Å². The lowest BCUT2D eigenvalue weighted by atomic mass is 10.0. The molecule has 172 valence electrons. The molecule has 5 heteroatoms. The zero-order valence-electron chi connectivity index (χ0n) is 19.1. The fraction of sp³-hybridized carbons (Fsp3) is 0.760. The van der Waals surface area contributed by atoms with Gasteiger partial charge in [-0.2, -0.15) is 0 Å². The highest BCUT2D eigenvalue weighted by molar-refractivity contribution is 7.93. The van der Waals surface area contributed by atoms with E-state index >= 15 is 0 Å². The van der Waals surface area contributed by atoms with Gasteiger partial charge >= 0.3 is 0 Å². The Morgan fingerprint density at radius 1 is 0.800 bits per heavy atom. The summed E-state index contributed by atoms with van der Waals surface area (Å²) >= 11 is 0. The molecule has 0 aliphatic heterocycles. The number of unbranched alkanes of at least 4 members (excludes halogenated alkanes) is 15. The van der Waals surface area contributed by atoms with Gasteiger partial charge in [0.15, 0.2) is 0 Å². The van der Waals surface area contributed by atoms with Crippen molar-refractivity contribution < 1.29 is 13.2 Å². The largest absolute Gasteiger partial charge is 0.241 e. The van der Waals surface area contributed by atoms with Crippen molar-refractivity contribution in [1.82, 2.24) is 4.72 Å². The molecule has 0 fully saturated rings. The number of allylic oxidation sites excluding steroid dienone is 4. The van der Waals surface area contributed by atoms with Gasteiger partial charge in [-0.1, -0.05) is 115 Å². The van der Waals surface area contributed by atoms with Crippen LogP contribution in [0.25, 0.3) is 0 Å². The van der Waals surface area contributed by atoms with E-state index in [0.29, 0.717) is 13.0 Å². The Morgan fingerprint density at radius 3 is 1.73 bits per heavy atom. The molecule has 30 heavy (non-hydrogen) atoms. The third kappa shape index (κ3) is 12.5. The average Bonchev–Trinajstić information content (AvgIpc) is 2.75. The molecule has 1 N–H and O–H groups in total. The van der Waals surface area contributed by atoms with Crippen molar-refractivity contribution in [3.05, 3.63) is 28.7 Å². The van der Waals surface area contributed by atoms with Gasteiger partial charge in [0.2, 0.25) is 10.0 Å². The predicted molar refractivity (Wildman–Crippen MR) is 128 cm³/mol. The van der Waals surface area contributed by atoms with E-state index < -0.39 is 10.0 Å². The molecule has 1 aliphatic carbocycles. The van der Waals surface area contributed by atoms with E-state index in [1.807, 2.05) is 0 Å². The van der Waals surface area contributed by atoms with Crippen LogP contribution in [0, 0.1) is 0 Å². The Hall–Kier alpha value is -1.16. The minimum Gasteiger partial charge on any atom is -0.233 e. The highest BCUT2D eigenvalue weighted by atomic mass is 32.2. The fourth-order valence-corrected chi connectivity index (χ4v) is 5.12. The van der Waals surface area contributed by atoms with E-state index in [0.717, 1.165) is 19.3 Å². The third-order valence-electron chi connectivity index (χ3n) is 5.74. The SMILES string of the molecule is CCCCCCCCCCCCCCCCCCNS(=O)(=O)C1=CC=CCC1=C=O. The monoisotopic (exact) mass is 437 g/mol. The van der Waals surface area contributed by atoms with Crippen LogP contribution in [0.1, 0.15) is 116 Å². The second-order valence-electron chi connectivity index (χ2n) is 8.44. The third-order valence-corrected chi connectivity index (χ3v) is 7.28. The van der Waals surface area contributed by atoms with Crippen molar-refractivity contribution >= 4 is 16.0 Å². The number of nitrogens with one attached hydrogen (secondary N) is 1. The number of hydrogen-bond donors (Lipinski definition) is 1. The molecule has 0 heterocycles. The maximum absolute atomic E-state index is 12.3. The standard InChI is InChI=1S/C25H43NO3S/c1-2-3-4-5-6-7-8-9-10-11-12-13-14-15-16-19-22-26-30(28,29)25-21-18-17-20-24(25)23-27/h17-18,21,26H,2-16,19-20,22H2,1H3. The average molecular weight is 438 g/mol. The van der Waals surface area contributed by atoms with Gasteiger partial charge in [0, 0.05) is 13.0 Å². The summed E-state index contributed by atoms with van der Waals surface area (Å²) in [5.74, 6) is 1.75. The number of hydrogen-bond acceptors (Lipinski definition) is 3. The smallest absolute Gasteiger partial charge is 0.233 e. The zero-order valence-corrected chi connectivity index (χ0v) is 19.9. The molecule has 0 saturated carbocycles. The molecule has 1 aliphatic rings. The van der Waals surface area contributed by atoms with Gasteiger partial charge in [0.05, 0.1) is 10.5 Å². The van der Waals surface area contributed by atoms with Crippen LogP contribution in [-0.4, -0.2) is 20.9 Å². The minimum absolute atomic E-state index is 0.0662. The summed E-state index contributed by atoms with van der Waals surface area (Å²) in [4.78, 5) is 11.0. The van der Waals surface area contributed by atoms with Gasteiger partial charge in [-0.25, -0.2) is 17.9 Å². The summed E-state index contributed by atoms with van der Waals surface area (Å²) in [6, 6.07) is 0. The number of rotatable bonds is 19.